The topological polar surface area (TPSA) is 88.2 Å². The Bertz CT molecular complexity index is 835. The van der Waals surface area contributed by atoms with E-state index in [1.54, 1.807) is 36.4 Å². The van der Waals surface area contributed by atoms with Crippen molar-refractivity contribution in [1.82, 2.24) is 10.2 Å². The van der Waals surface area contributed by atoms with Gasteiger partial charge in [-0.15, -0.1) is 10.2 Å². The number of nitrogens with zero attached hydrogens (tertiary/aromatic N) is 2. The Kier molecular flexibility index (Phi) is 5.02. The number of aromatic hydroxyl groups is 1. The predicted octanol–water partition coefficient (Wildman–Crippen LogP) is 3.83. The number of rotatable bonds is 5. The maximum atomic E-state index is 11.9. The maximum absolute atomic E-state index is 11.9. The molecular formula is C16H12ClN3O3S. The lowest BCUT2D eigenvalue weighted by Gasteiger charge is -2.03. The summed E-state index contributed by atoms with van der Waals surface area (Å²) < 4.78 is 5.49. The number of halogens is 1. The van der Waals surface area contributed by atoms with Crippen LogP contribution in [0.3, 0.4) is 0 Å². The summed E-state index contributed by atoms with van der Waals surface area (Å²) in [4.78, 5) is 11.9. The minimum Gasteiger partial charge on any atom is -0.508 e. The standard InChI is InChI=1S/C16H12ClN3O3S/c17-11-3-5-12(6-4-11)18-14(22)9-24-16-20-19-15(23-16)10-1-7-13(21)8-2-10/h1-8,21H,9H2,(H,18,22). The van der Waals surface area contributed by atoms with Crippen molar-refractivity contribution < 1.29 is 14.3 Å². The Balaban J connectivity index is 1.56. The fourth-order valence-electron chi connectivity index (χ4n) is 1.85. The first-order valence-electron chi connectivity index (χ1n) is 6.91. The zero-order valence-electron chi connectivity index (χ0n) is 12.3. The van der Waals surface area contributed by atoms with E-state index < -0.39 is 0 Å². The second-order valence-corrected chi connectivity index (χ2v) is 6.13. The van der Waals surface area contributed by atoms with Crippen molar-refractivity contribution in [3.63, 3.8) is 0 Å². The fourth-order valence-corrected chi connectivity index (χ4v) is 2.54. The number of aromatic nitrogens is 2. The smallest absolute Gasteiger partial charge is 0.277 e. The number of hydrogen-bond donors (Lipinski definition) is 2. The first kappa shape index (κ1) is 16.4. The molecule has 0 unspecified atom stereocenters. The number of hydrogen-bond acceptors (Lipinski definition) is 6. The maximum Gasteiger partial charge on any atom is 0.277 e. The highest BCUT2D eigenvalue weighted by Crippen LogP contribution is 2.24. The van der Waals surface area contributed by atoms with Crippen molar-refractivity contribution in [3.05, 3.63) is 53.6 Å². The number of phenolic OH excluding ortho intramolecular Hbond substituents is 1. The molecule has 0 saturated carbocycles. The second-order valence-electron chi connectivity index (χ2n) is 4.76. The molecule has 3 rings (SSSR count). The number of amides is 1. The molecule has 24 heavy (non-hydrogen) atoms. The number of nitrogens with one attached hydrogen (secondary N) is 1. The van der Waals surface area contributed by atoms with Gasteiger partial charge in [0.2, 0.25) is 11.8 Å². The third-order valence-electron chi connectivity index (χ3n) is 2.98. The third-order valence-corrected chi connectivity index (χ3v) is 4.05. The molecule has 6 nitrogen and oxygen atoms in total. The molecule has 0 atom stereocenters. The number of anilines is 1. The van der Waals surface area contributed by atoms with Gasteiger partial charge in [0.1, 0.15) is 5.75 Å². The number of thioether (sulfide) groups is 1. The molecule has 0 fully saturated rings. The fraction of sp³-hybridized carbons (Fsp3) is 0.0625. The molecular weight excluding hydrogens is 350 g/mol. The number of carbonyl (C=O) groups excluding carboxylic acids is 1. The quantitative estimate of drug-likeness (QED) is 0.671. The van der Waals surface area contributed by atoms with E-state index in [1.807, 2.05) is 0 Å². The Labute approximate surface area is 146 Å². The lowest BCUT2D eigenvalue weighted by molar-refractivity contribution is -0.113. The summed E-state index contributed by atoms with van der Waals surface area (Å²) >= 11 is 6.93. The lowest BCUT2D eigenvalue weighted by Crippen LogP contribution is -2.13. The van der Waals surface area contributed by atoms with Gasteiger partial charge in [-0.1, -0.05) is 23.4 Å². The van der Waals surface area contributed by atoms with Crippen LogP contribution < -0.4 is 5.32 Å². The van der Waals surface area contributed by atoms with E-state index in [9.17, 15) is 9.90 Å². The first-order chi connectivity index (χ1) is 11.6. The van der Waals surface area contributed by atoms with E-state index in [2.05, 4.69) is 15.5 Å². The van der Waals surface area contributed by atoms with E-state index in [0.29, 0.717) is 27.4 Å². The summed E-state index contributed by atoms with van der Waals surface area (Å²) in [7, 11) is 0. The van der Waals surface area contributed by atoms with Gasteiger partial charge in [-0.05, 0) is 48.5 Å². The van der Waals surface area contributed by atoms with Crippen LogP contribution in [0.25, 0.3) is 11.5 Å². The number of benzene rings is 2. The largest absolute Gasteiger partial charge is 0.508 e. The summed E-state index contributed by atoms with van der Waals surface area (Å²) in [6.07, 6.45) is 0. The van der Waals surface area contributed by atoms with Crippen molar-refractivity contribution in [2.45, 2.75) is 5.22 Å². The van der Waals surface area contributed by atoms with Gasteiger partial charge in [-0.3, -0.25) is 4.79 Å². The molecule has 122 valence electrons. The minimum atomic E-state index is -0.188. The molecule has 0 saturated heterocycles. The van der Waals surface area contributed by atoms with Crippen molar-refractivity contribution in [2.75, 3.05) is 11.1 Å². The van der Waals surface area contributed by atoms with Crippen LogP contribution in [0.4, 0.5) is 5.69 Å². The van der Waals surface area contributed by atoms with Gasteiger partial charge in [0.15, 0.2) is 0 Å². The van der Waals surface area contributed by atoms with Crippen LogP contribution in [0.1, 0.15) is 0 Å². The van der Waals surface area contributed by atoms with Crippen LogP contribution in [-0.2, 0) is 4.79 Å². The molecule has 8 heteroatoms. The Hall–Kier alpha value is -2.51. The van der Waals surface area contributed by atoms with Crippen LogP contribution in [-0.4, -0.2) is 27.0 Å². The summed E-state index contributed by atoms with van der Waals surface area (Å²) in [6.45, 7) is 0. The highest BCUT2D eigenvalue weighted by Gasteiger charge is 2.11. The van der Waals surface area contributed by atoms with Gasteiger partial charge in [0.05, 0.1) is 5.75 Å². The average Bonchev–Trinajstić information content (AvgIpc) is 3.05. The SMILES string of the molecule is O=C(CSc1nnc(-c2ccc(O)cc2)o1)Nc1ccc(Cl)cc1. The monoisotopic (exact) mass is 361 g/mol. The summed E-state index contributed by atoms with van der Waals surface area (Å²) in [5.74, 6) is 0.439. The molecule has 2 N–H and O–H groups in total. The molecule has 0 bridgehead atoms. The Morgan fingerprint density at radius 1 is 1.12 bits per heavy atom. The summed E-state index contributed by atoms with van der Waals surface area (Å²) in [5, 5.41) is 20.7. The van der Waals surface area contributed by atoms with Gasteiger partial charge < -0.3 is 14.8 Å². The molecule has 0 aliphatic heterocycles. The van der Waals surface area contributed by atoms with Crippen molar-refractivity contribution in [3.8, 4) is 17.2 Å². The highest BCUT2D eigenvalue weighted by molar-refractivity contribution is 7.99. The first-order valence-corrected chi connectivity index (χ1v) is 8.27. The molecule has 0 radical (unpaired) electrons. The van der Waals surface area contributed by atoms with E-state index in [4.69, 9.17) is 16.0 Å². The van der Waals surface area contributed by atoms with Crippen LogP contribution in [0.15, 0.2) is 58.2 Å². The van der Waals surface area contributed by atoms with Gasteiger partial charge in [0, 0.05) is 16.3 Å². The van der Waals surface area contributed by atoms with E-state index in [0.717, 1.165) is 11.8 Å². The number of carbonyl (C=O) groups is 1. The van der Waals surface area contributed by atoms with Gasteiger partial charge in [0.25, 0.3) is 5.22 Å². The average molecular weight is 362 g/mol. The van der Waals surface area contributed by atoms with E-state index in [1.165, 1.54) is 12.1 Å². The summed E-state index contributed by atoms with van der Waals surface area (Å²) in [5.41, 5.74) is 1.36. The van der Waals surface area contributed by atoms with Gasteiger partial charge in [-0.2, -0.15) is 0 Å². The van der Waals surface area contributed by atoms with Gasteiger partial charge in [-0.25, -0.2) is 0 Å². The van der Waals surface area contributed by atoms with E-state index in [-0.39, 0.29) is 17.4 Å². The van der Waals surface area contributed by atoms with Crippen LogP contribution in [0.5, 0.6) is 5.75 Å². The normalized spacial score (nSPS) is 10.5. The Morgan fingerprint density at radius 2 is 1.83 bits per heavy atom. The lowest BCUT2D eigenvalue weighted by atomic mass is 10.2. The molecule has 0 aliphatic carbocycles. The molecule has 1 amide bonds. The minimum absolute atomic E-state index is 0.139. The molecule has 2 aromatic carbocycles. The predicted molar refractivity (Wildman–Crippen MR) is 92.2 cm³/mol. The van der Waals surface area contributed by atoms with Crippen LogP contribution >= 0.6 is 23.4 Å². The van der Waals surface area contributed by atoms with Crippen molar-refractivity contribution >= 4 is 35.0 Å². The molecule has 1 aromatic heterocycles. The Morgan fingerprint density at radius 3 is 2.54 bits per heavy atom. The van der Waals surface area contributed by atoms with Crippen LogP contribution in [0.2, 0.25) is 5.02 Å². The van der Waals surface area contributed by atoms with Crippen molar-refractivity contribution in [1.29, 1.82) is 0 Å². The van der Waals surface area contributed by atoms with Crippen molar-refractivity contribution in [2.24, 2.45) is 0 Å². The molecule has 0 spiro atoms. The molecule has 1 heterocycles. The third kappa shape index (κ3) is 4.27. The number of phenols is 1. The molecule has 0 aliphatic rings. The second kappa shape index (κ2) is 7.37. The van der Waals surface area contributed by atoms with Gasteiger partial charge >= 0.3 is 0 Å². The molecule has 3 aromatic rings. The highest BCUT2D eigenvalue weighted by atomic mass is 35.5. The zero-order chi connectivity index (χ0) is 16.9. The summed E-state index contributed by atoms with van der Waals surface area (Å²) in [6, 6.07) is 13.3. The van der Waals surface area contributed by atoms with Crippen LogP contribution in [0, 0.1) is 0 Å². The zero-order valence-corrected chi connectivity index (χ0v) is 13.8. The van der Waals surface area contributed by atoms with E-state index >= 15 is 0 Å².